The predicted molar refractivity (Wildman–Crippen MR) is 129 cm³/mol. The Hall–Kier alpha value is -3.04. The van der Waals surface area contributed by atoms with Crippen molar-refractivity contribution in [2.75, 3.05) is 13.2 Å². The highest BCUT2D eigenvalue weighted by atomic mass is 19.4. The van der Waals surface area contributed by atoms with Gasteiger partial charge in [0.25, 0.3) is 5.91 Å². The molecular formula is C26H33F3N2O5. The quantitative estimate of drug-likeness (QED) is 0.228. The molecule has 1 N–H and O–H groups in total. The average Bonchev–Trinajstić information content (AvgIpc) is 3.05. The summed E-state index contributed by atoms with van der Waals surface area (Å²) in [7, 11) is 0. The molecule has 0 aliphatic carbocycles. The maximum Gasteiger partial charge on any atom is 0.417 e. The number of carbonyl (C=O) groups is 2. The predicted octanol–water partition coefficient (Wildman–Crippen LogP) is 5.60. The average molecular weight is 511 g/mol. The van der Waals surface area contributed by atoms with Gasteiger partial charge < -0.3 is 14.5 Å². The van der Waals surface area contributed by atoms with Crippen molar-refractivity contribution in [1.82, 2.24) is 10.2 Å². The van der Waals surface area contributed by atoms with E-state index in [-0.39, 0.29) is 22.9 Å². The van der Waals surface area contributed by atoms with Crippen LogP contribution in [0.4, 0.5) is 18.0 Å². The van der Waals surface area contributed by atoms with E-state index >= 15 is 0 Å². The zero-order valence-corrected chi connectivity index (χ0v) is 20.9. The zero-order valence-electron chi connectivity index (χ0n) is 20.9. The molecule has 0 saturated carbocycles. The van der Waals surface area contributed by atoms with Gasteiger partial charge in [0, 0.05) is 23.6 Å². The van der Waals surface area contributed by atoms with Crippen molar-refractivity contribution < 1.29 is 31.9 Å². The lowest BCUT2D eigenvalue weighted by Crippen LogP contribution is -2.32. The minimum Gasteiger partial charge on any atom is -0.493 e. The van der Waals surface area contributed by atoms with Gasteiger partial charge in [0.05, 0.1) is 12.2 Å². The molecule has 1 aromatic heterocycles. The first kappa shape index (κ1) is 27.5. The third-order valence-corrected chi connectivity index (χ3v) is 6.23. The van der Waals surface area contributed by atoms with E-state index in [1.807, 2.05) is 13.8 Å². The highest BCUT2D eigenvalue weighted by Gasteiger charge is 2.35. The van der Waals surface area contributed by atoms with Crippen LogP contribution in [0.25, 0.3) is 11.0 Å². The molecule has 2 heterocycles. The van der Waals surface area contributed by atoms with Gasteiger partial charge in [-0.1, -0.05) is 39.5 Å². The highest BCUT2D eigenvalue weighted by Crippen LogP contribution is 2.40. The van der Waals surface area contributed by atoms with Gasteiger partial charge in [0.2, 0.25) is 0 Å². The molecule has 0 bridgehead atoms. The number of benzene rings is 1. The Morgan fingerprint density at radius 2 is 1.72 bits per heavy atom. The molecular weight excluding hydrogens is 477 g/mol. The molecule has 3 amide bonds. The summed E-state index contributed by atoms with van der Waals surface area (Å²) in [6.45, 7) is 6.21. The fraction of sp³-hybridized carbons (Fsp3) is 0.577. The van der Waals surface area contributed by atoms with Gasteiger partial charge in [-0.2, -0.15) is 13.2 Å². The van der Waals surface area contributed by atoms with Crippen molar-refractivity contribution >= 4 is 22.9 Å². The molecule has 1 unspecified atom stereocenters. The lowest BCUT2D eigenvalue weighted by molar-refractivity contribution is -0.136. The summed E-state index contributed by atoms with van der Waals surface area (Å²) in [5, 5.41) is 2.47. The third-order valence-electron chi connectivity index (χ3n) is 6.23. The fourth-order valence-corrected chi connectivity index (χ4v) is 4.52. The van der Waals surface area contributed by atoms with Gasteiger partial charge >= 0.3 is 17.8 Å². The Labute approximate surface area is 208 Å². The summed E-state index contributed by atoms with van der Waals surface area (Å²) in [5.41, 5.74) is -0.931. The monoisotopic (exact) mass is 510 g/mol. The third kappa shape index (κ3) is 6.20. The molecule has 36 heavy (non-hydrogen) atoms. The molecule has 3 rings (SSSR count). The van der Waals surface area contributed by atoms with Crippen LogP contribution in [0, 0.1) is 0 Å². The highest BCUT2D eigenvalue weighted by molar-refractivity contribution is 6.03. The number of halogens is 3. The van der Waals surface area contributed by atoms with Crippen LogP contribution in [0.5, 0.6) is 5.75 Å². The van der Waals surface area contributed by atoms with Crippen LogP contribution in [0.15, 0.2) is 21.3 Å². The largest absolute Gasteiger partial charge is 0.493 e. The summed E-state index contributed by atoms with van der Waals surface area (Å²) in [5.74, 6) is 0.286. The topological polar surface area (TPSA) is 88.8 Å². The van der Waals surface area contributed by atoms with E-state index in [0.717, 1.165) is 12.8 Å². The van der Waals surface area contributed by atoms with Crippen molar-refractivity contribution in [1.29, 1.82) is 0 Å². The van der Waals surface area contributed by atoms with Crippen LogP contribution >= 0.6 is 0 Å². The van der Waals surface area contributed by atoms with Gasteiger partial charge in [-0.3, -0.25) is 9.69 Å². The Bertz CT molecular complexity index is 1160. The molecule has 198 valence electrons. The van der Waals surface area contributed by atoms with Crippen LogP contribution in [-0.2, 0) is 23.8 Å². The van der Waals surface area contributed by atoms with Crippen LogP contribution in [-0.4, -0.2) is 36.0 Å². The van der Waals surface area contributed by atoms with Crippen molar-refractivity contribution in [2.24, 2.45) is 0 Å². The number of hydrogen-bond donors (Lipinski definition) is 1. The SMILES string of the molecule is CCCc1cc2c(C(F)(F)F)cc(=O)oc2c(CCC)c1OCCCCCCN1C(=O)NC(C)C1=O. The molecule has 1 aliphatic rings. The molecule has 7 nitrogen and oxygen atoms in total. The molecule has 0 radical (unpaired) electrons. The van der Waals surface area contributed by atoms with E-state index in [2.05, 4.69) is 5.32 Å². The summed E-state index contributed by atoms with van der Waals surface area (Å²) < 4.78 is 52.5. The van der Waals surface area contributed by atoms with Crippen molar-refractivity contribution in [2.45, 2.75) is 84.4 Å². The van der Waals surface area contributed by atoms with Crippen LogP contribution in [0.2, 0.25) is 0 Å². The number of urea groups is 1. The molecule has 1 aliphatic heterocycles. The van der Waals surface area contributed by atoms with Crippen LogP contribution in [0.1, 0.15) is 76.0 Å². The summed E-state index contributed by atoms with van der Waals surface area (Å²) in [4.78, 5) is 36.9. The minimum absolute atomic E-state index is 0.0608. The normalized spacial score (nSPS) is 16.2. The molecule has 1 fully saturated rings. The van der Waals surface area contributed by atoms with E-state index in [1.165, 1.54) is 11.0 Å². The second kappa shape index (κ2) is 11.8. The van der Waals surface area contributed by atoms with Crippen LogP contribution < -0.4 is 15.7 Å². The van der Waals surface area contributed by atoms with Crippen LogP contribution in [0.3, 0.4) is 0 Å². The second-order valence-corrected chi connectivity index (χ2v) is 9.12. The van der Waals surface area contributed by atoms with Crippen molar-refractivity contribution in [3.05, 3.63) is 39.2 Å². The smallest absolute Gasteiger partial charge is 0.417 e. The first-order chi connectivity index (χ1) is 17.1. The van der Waals surface area contributed by atoms with Gasteiger partial charge in [-0.15, -0.1) is 0 Å². The lowest BCUT2D eigenvalue weighted by Gasteiger charge is -2.19. The first-order valence-corrected chi connectivity index (χ1v) is 12.5. The van der Waals surface area contributed by atoms with E-state index in [0.29, 0.717) is 74.6 Å². The number of alkyl halides is 3. The fourth-order valence-electron chi connectivity index (χ4n) is 4.52. The minimum atomic E-state index is -4.68. The van der Waals surface area contributed by atoms with E-state index < -0.39 is 23.4 Å². The number of nitrogens with one attached hydrogen (secondary N) is 1. The van der Waals surface area contributed by atoms with Gasteiger partial charge in [-0.25, -0.2) is 9.59 Å². The van der Waals surface area contributed by atoms with E-state index in [1.54, 1.807) is 6.92 Å². The number of unbranched alkanes of at least 4 members (excludes halogenated alkanes) is 3. The molecule has 1 saturated heterocycles. The number of nitrogens with zero attached hydrogens (tertiary/aromatic N) is 1. The summed E-state index contributed by atoms with van der Waals surface area (Å²) in [6.07, 6.45) is 0.581. The number of fused-ring (bicyclic) bond motifs is 1. The first-order valence-electron chi connectivity index (χ1n) is 12.5. The number of carbonyl (C=O) groups excluding carboxylic acids is 2. The lowest BCUT2D eigenvalue weighted by atomic mass is 9.96. The van der Waals surface area contributed by atoms with E-state index in [4.69, 9.17) is 9.15 Å². The van der Waals surface area contributed by atoms with Gasteiger partial charge in [0.1, 0.15) is 17.4 Å². The molecule has 1 aromatic carbocycles. The maximum absolute atomic E-state index is 13.7. The zero-order chi connectivity index (χ0) is 26.5. The number of hydrogen-bond acceptors (Lipinski definition) is 5. The Balaban J connectivity index is 1.72. The summed E-state index contributed by atoms with van der Waals surface area (Å²) in [6, 6.07) is 1.10. The molecule has 1 atom stereocenters. The number of ether oxygens (including phenoxy) is 1. The van der Waals surface area contributed by atoms with Crippen molar-refractivity contribution in [3.8, 4) is 5.75 Å². The Morgan fingerprint density at radius 1 is 1.03 bits per heavy atom. The van der Waals surface area contributed by atoms with E-state index in [9.17, 15) is 27.6 Å². The Morgan fingerprint density at radius 3 is 2.33 bits per heavy atom. The standard InChI is InChI=1S/C26H33F3N2O5/c1-4-10-17-14-19-20(26(27,28)29)15-21(32)36-23(19)18(11-5-2)22(17)35-13-9-7-6-8-12-31-24(33)16(3)30-25(31)34/h14-16H,4-13H2,1-3H3,(H,30,34). The maximum atomic E-state index is 13.7. The van der Waals surface area contributed by atoms with Gasteiger partial charge in [-0.05, 0) is 44.2 Å². The second-order valence-electron chi connectivity index (χ2n) is 9.12. The number of amides is 3. The molecule has 0 spiro atoms. The number of imide groups is 1. The summed E-state index contributed by atoms with van der Waals surface area (Å²) >= 11 is 0. The van der Waals surface area contributed by atoms with Crippen molar-refractivity contribution in [3.63, 3.8) is 0 Å². The Kier molecular flexibility index (Phi) is 9.03. The number of rotatable bonds is 12. The molecule has 10 heteroatoms. The number of aryl methyl sites for hydroxylation is 2. The van der Waals surface area contributed by atoms with Gasteiger partial charge in [0.15, 0.2) is 0 Å². The molecule has 2 aromatic rings.